The van der Waals surface area contributed by atoms with Gasteiger partial charge in [0, 0.05) is 17.5 Å². The Morgan fingerprint density at radius 3 is 2.90 bits per heavy atom. The SMILES string of the molecule is COc1cccc(N2C(N)=NCC23CSCCC3(C)C)c1. The maximum absolute atomic E-state index is 6.26. The van der Waals surface area contributed by atoms with E-state index in [1.807, 2.05) is 30.0 Å². The molecule has 1 unspecified atom stereocenters. The number of nitrogens with zero attached hydrogens (tertiary/aromatic N) is 2. The summed E-state index contributed by atoms with van der Waals surface area (Å²) >= 11 is 2.00. The first-order valence-corrected chi connectivity index (χ1v) is 8.48. The van der Waals surface area contributed by atoms with E-state index in [0.29, 0.717) is 5.96 Å². The summed E-state index contributed by atoms with van der Waals surface area (Å²) in [5, 5.41) is 0. The van der Waals surface area contributed by atoms with Crippen LogP contribution in [0.5, 0.6) is 5.75 Å². The van der Waals surface area contributed by atoms with Gasteiger partial charge in [-0.1, -0.05) is 19.9 Å². The molecule has 4 nitrogen and oxygen atoms in total. The highest BCUT2D eigenvalue weighted by molar-refractivity contribution is 7.99. The third-order valence-corrected chi connectivity index (χ3v) is 6.12. The van der Waals surface area contributed by atoms with Gasteiger partial charge in [0.25, 0.3) is 0 Å². The first-order chi connectivity index (χ1) is 10.00. The van der Waals surface area contributed by atoms with Gasteiger partial charge in [0.2, 0.25) is 0 Å². The average Bonchev–Trinajstić information content (AvgIpc) is 2.81. The monoisotopic (exact) mass is 305 g/mol. The number of nitrogens with two attached hydrogens (primary N) is 1. The van der Waals surface area contributed by atoms with E-state index in [2.05, 4.69) is 29.8 Å². The molecule has 0 amide bonds. The second kappa shape index (κ2) is 5.13. The third-order valence-electron chi connectivity index (χ3n) is 4.94. The van der Waals surface area contributed by atoms with Gasteiger partial charge in [-0.05, 0) is 29.7 Å². The molecule has 1 spiro atoms. The van der Waals surface area contributed by atoms with E-state index in [4.69, 9.17) is 10.5 Å². The van der Waals surface area contributed by atoms with E-state index in [1.165, 1.54) is 12.2 Å². The van der Waals surface area contributed by atoms with E-state index < -0.39 is 0 Å². The molecule has 2 aliphatic heterocycles. The minimum Gasteiger partial charge on any atom is -0.497 e. The lowest BCUT2D eigenvalue weighted by atomic mass is 9.70. The van der Waals surface area contributed by atoms with Crippen molar-refractivity contribution in [3.8, 4) is 5.75 Å². The minimum atomic E-state index is -0.0354. The van der Waals surface area contributed by atoms with E-state index in [1.54, 1.807) is 7.11 Å². The van der Waals surface area contributed by atoms with Crippen molar-refractivity contribution in [1.82, 2.24) is 0 Å². The van der Waals surface area contributed by atoms with Crippen LogP contribution in [0, 0.1) is 5.41 Å². The summed E-state index contributed by atoms with van der Waals surface area (Å²) in [6.07, 6.45) is 1.18. The van der Waals surface area contributed by atoms with Crippen LogP contribution in [0.2, 0.25) is 0 Å². The lowest BCUT2D eigenvalue weighted by Crippen LogP contribution is -2.63. The van der Waals surface area contributed by atoms with Crippen LogP contribution in [0.1, 0.15) is 20.3 Å². The Morgan fingerprint density at radius 2 is 2.19 bits per heavy atom. The van der Waals surface area contributed by atoms with Crippen molar-refractivity contribution in [1.29, 1.82) is 0 Å². The minimum absolute atomic E-state index is 0.0354. The van der Waals surface area contributed by atoms with Crippen LogP contribution in [0.4, 0.5) is 5.69 Å². The van der Waals surface area contributed by atoms with Crippen molar-refractivity contribution in [2.24, 2.45) is 16.1 Å². The number of ether oxygens (including phenoxy) is 1. The van der Waals surface area contributed by atoms with Crippen molar-refractivity contribution >= 4 is 23.4 Å². The summed E-state index contributed by atoms with van der Waals surface area (Å²) in [5.74, 6) is 3.74. The van der Waals surface area contributed by atoms with Crippen molar-refractivity contribution in [2.75, 3.05) is 30.1 Å². The Bertz CT molecular complexity index is 572. The second-order valence-electron chi connectivity index (χ2n) is 6.43. The maximum atomic E-state index is 6.26. The number of benzene rings is 1. The number of hydrogen-bond donors (Lipinski definition) is 1. The summed E-state index contributed by atoms with van der Waals surface area (Å²) in [4.78, 5) is 6.83. The Kier molecular flexibility index (Phi) is 3.56. The number of thioether (sulfide) groups is 1. The molecular formula is C16H23N3OS. The van der Waals surface area contributed by atoms with Gasteiger partial charge in [-0.3, -0.25) is 4.99 Å². The highest BCUT2D eigenvalue weighted by Gasteiger charge is 2.54. The average molecular weight is 305 g/mol. The molecule has 1 aromatic carbocycles. The molecular weight excluding hydrogens is 282 g/mol. The second-order valence-corrected chi connectivity index (χ2v) is 7.53. The summed E-state index contributed by atoms with van der Waals surface area (Å²) < 4.78 is 5.36. The molecule has 0 aromatic heterocycles. The molecule has 0 radical (unpaired) electrons. The van der Waals surface area contributed by atoms with Crippen molar-refractivity contribution in [3.05, 3.63) is 24.3 Å². The maximum Gasteiger partial charge on any atom is 0.196 e. The van der Waals surface area contributed by atoms with Crippen LogP contribution >= 0.6 is 11.8 Å². The van der Waals surface area contributed by atoms with Crippen LogP contribution < -0.4 is 15.4 Å². The Hall–Kier alpha value is -1.36. The highest BCUT2D eigenvalue weighted by Crippen LogP contribution is 2.49. The standard InChI is InChI=1S/C16H23N3OS/c1-15(2)7-8-21-11-16(15)10-18-14(17)19(16)12-5-4-6-13(9-12)20-3/h4-6,9H,7-8,10-11H2,1-3H3,(H2,17,18). The largest absolute Gasteiger partial charge is 0.497 e. The lowest BCUT2D eigenvalue weighted by molar-refractivity contribution is 0.192. The summed E-state index contributed by atoms with van der Waals surface area (Å²) in [7, 11) is 1.69. The number of aliphatic imine (C=N–C) groups is 1. The zero-order chi connectivity index (χ0) is 15.1. The molecule has 1 atom stereocenters. The van der Waals surface area contributed by atoms with Gasteiger partial charge in [0.1, 0.15) is 5.75 Å². The van der Waals surface area contributed by atoms with Crippen LogP contribution in [0.15, 0.2) is 29.3 Å². The fourth-order valence-corrected chi connectivity index (χ4v) is 5.07. The zero-order valence-corrected chi connectivity index (χ0v) is 13.7. The van der Waals surface area contributed by atoms with Gasteiger partial charge >= 0.3 is 0 Å². The zero-order valence-electron chi connectivity index (χ0n) is 12.9. The molecule has 2 N–H and O–H groups in total. The topological polar surface area (TPSA) is 50.9 Å². The molecule has 1 aromatic rings. The van der Waals surface area contributed by atoms with Crippen LogP contribution in [-0.4, -0.2) is 36.7 Å². The molecule has 114 valence electrons. The molecule has 1 fully saturated rings. The van der Waals surface area contributed by atoms with Gasteiger partial charge in [-0.25, -0.2) is 0 Å². The number of methoxy groups -OCH3 is 1. The highest BCUT2D eigenvalue weighted by atomic mass is 32.2. The molecule has 21 heavy (non-hydrogen) atoms. The number of rotatable bonds is 2. The van der Waals surface area contributed by atoms with E-state index in [0.717, 1.165) is 23.7 Å². The van der Waals surface area contributed by atoms with Gasteiger partial charge in [-0.2, -0.15) is 11.8 Å². The predicted octanol–water partition coefficient (Wildman–Crippen LogP) is 2.73. The lowest BCUT2D eigenvalue weighted by Gasteiger charge is -2.52. The summed E-state index contributed by atoms with van der Waals surface area (Å²) in [5.41, 5.74) is 7.47. The first kappa shape index (κ1) is 14.6. The summed E-state index contributed by atoms with van der Waals surface area (Å²) in [6, 6.07) is 8.11. The van der Waals surface area contributed by atoms with Gasteiger partial charge in [-0.15, -0.1) is 0 Å². The number of hydrogen-bond acceptors (Lipinski definition) is 5. The van der Waals surface area contributed by atoms with Gasteiger partial charge in [0.15, 0.2) is 5.96 Å². The van der Waals surface area contributed by atoms with Crippen molar-refractivity contribution in [3.63, 3.8) is 0 Å². The van der Waals surface area contributed by atoms with E-state index in [-0.39, 0.29) is 11.0 Å². The normalized spacial score (nSPS) is 27.8. The van der Waals surface area contributed by atoms with Crippen LogP contribution in [0.3, 0.4) is 0 Å². The smallest absolute Gasteiger partial charge is 0.196 e. The molecule has 0 aliphatic carbocycles. The predicted molar refractivity (Wildman–Crippen MR) is 90.4 cm³/mol. The Labute approximate surface area is 130 Å². The molecule has 0 saturated carbocycles. The number of guanidine groups is 1. The van der Waals surface area contributed by atoms with E-state index >= 15 is 0 Å². The fraction of sp³-hybridized carbons (Fsp3) is 0.562. The molecule has 2 aliphatic rings. The molecule has 5 heteroatoms. The molecule has 2 heterocycles. The van der Waals surface area contributed by atoms with Crippen LogP contribution in [0.25, 0.3) is 0 Å². The van der Waals surface area contributed by atoms with E-state index in [9.17, 15) is 0 Å². The Balaban J connectivity index is 2.06. The molecule has 0 bridgehead atoms. The fourth-order valence-electron chi connectivity index (χ4n) is 3.32. The van der Waals surface area contributed by atoms with Gasteiger partial charge < -0.3 is 15.4 Å². The molecule has 1 saturated heterocycles. The molecule has 3 rings (SSSR count). The van der Waals surface area contributed by atoms with Crippen LogP contribution in [-0.2, 0) is 0 Å². The first-order valence-electron chi connectivity index (χ1n) is 7.32. The van der Waals surface area contributed by atoms with Crippen molar-refractivity contribution in [2.45, 2.75) is 25.8 Å². The quantitative estimate of drug-likeness (QED) is 0.913. The third kappa shape index (κ3) is 2.18. The summed E-state index contributed by atoms with van der Waals surface area (Å²) in [6.45, 7) is 5.46. The van der Waals surface area contributed by atoms with Gasteiger partial charge in [0.05, 0.1) is 19.2 Å². The Morgan fingerprint density at radius 1 is 1.38 bits per heavy atom. The number of anilines is 1. The van der Waals surface area contributed by atoms with Crippen molar-refractivity contribution < 1.29 is 4.74 Å².